The molecule has 112 valence electrons. The number of amides is 1. The molecule has 0 aromatic heterocycles. The van der Waals surface area contributed by atoms with Crippen molar-refractivity contribution < 1.29 is 14.1 Å². The van der Waals surface area contributed by atoms with Gasteiger partial charge in [0.15, 0.2) is 6.04 Å². The molecule has 1 rings (SSSR count). The van der Waals surface area contributed by atoms with Crippen LogP contribution in [0.15, 0.2) is 12.1 Å². The van der Waals surface area contributed by atoms with Crippen molar-refractivity contribution in [2.24, 2.45) is 0 Å². The number of nitrogens with one attached hydrogen (secondary N) is 2. The summed E-state index contributed by atoms with van der Waals surface area (Å²) in [7, 11) is 3.95. The van der Waals surface area contributed by atoms with E-state index in [2.05, 4.69) is 12.2 Å². The first kappa shape index (κ1) is 16.6. The van der Waals surface area contributed by atoms with E-state index in [1.165, 1.54) is 6.07 Å². The van der Waals surface area contributed by atoms with E-state index in [1.807, 2.05) is 21.0 Å². The second kappa shape index (κ2) is 7.39. The highest BCUT2D eigenvalue weighted by Crippen LogP contribution is 2.22. The molecule has 1 aromatic rings. The van der Waals surface area contributed by atoms with E-state index in [1.54, 1.807) is 13.0 Å². The first-order chi connectivity index (χ1) is 9.38. The van der Waals surface area contributed by atoms with E-state index < -0.39 is 0 Å². The minimum atomic E-state index is -0.284. The predicted octanol–water partition coefficient (Wildman–Crippen LogP) is 2.08. The van der Waals surface area contributed by atoms with Crippen LogP contribution in [-0.2, 0) is 4.79 Å². The standard InChI is InChI=1S/C16H25FN2O/c1-6-7-8-14(19(4)5)16(20)18-15-11(2)9-10-13(17)12(15)3/h9-10,14H,6-8H2,1-5H3,(H,18,20)/p+1. The Labute approximate surface area is 121 Å². The average molecular weight is 281 g/mol. The number of carbonyl (C=O) groups is 1. The molecule has 1 aromatic carbocycles. The molecule has 0 aliphatic carbocycles. The number of quaternary nitrogens is 1. The molecule has 0 saturated carbocycles. The number of unbranched alkanes of at least 4 members (excludes halogenated alkanes) is 1. The van der Waals surface area contributed by atoms with Gasteiger partial charge in [0.25, 0.3) is 5.91 Å². The molecule has 2 N–H and O–H groups in total. The fourth-order valence-corrected chi connectivity index (χ4v) is 2.31. The van der Waals surface area contributed by atoms with Gasteiger partial charge in [0, 0.05) is 17.7 Å². The molecule has 1 unspecified atom stereocenters. The fraction of sp³-hybridized carbons (Fsp3) is 0.562. The summed E-state index contributed by atoms with van der Waals surface area (Å²) in [6.07, 6.45) is 2.93. The molecule has 0 saturated heterocycles. The average Bonchev–Trinajstić information content (AvgIpc) is 2.39. The highest BCUT2D eigenvalue weighted by Gasteiger charge is 2.25. The number of aryl methyl sites for hydroxylation is 1. The molecule has 0 fully saturated rings. The summed E-state index contributed by atoms with van der Waals surface area (Å²) in [6.45, 7) is 5.69. The smallest absolute Gasteiger partial charge is 0.282 e. The van der Waals surface area contributed by atoms with Crippen LogP contribution in [-0.4, -0.2) is 26.0 Å². The number of hydrogen-bond acceptors (Lipinski definition) is 1. The zero-order chi connectivity index (χ0) is 15.3. The zero-order valence-electron chi connectivity index (χ0n) is 13.1. The number of hydrogen-bond donors (Lipinski definition) is 2. The van der Waals surface area contributed by atoms with Gasteiger partial charge in [0.2, 0.25) is 0 Å². The van der Waals surface area contributed by atoms with Crippen LogP contribution >= 0.6 is 0 Å². The lowest BCUT2D eigenvalue weighted by Gasteiger charge is -2.21. The third-order valence-electron chi connectivity index (χ3n) is 3.72. The van der Waals surface area contributed by atoms with Gasteiger partial charge in [0.05, 0.1) is 14.1 Å². The molecule has 3 nitrogen and oxygen atoms in total. The van der Waals surface area contributed by atoms with Crippen LogP contribution in [0, 0.1) is 19.7 Å². The lowest BCUT2D eigenvalue weighted by atomic mass is 10.1. The van der Waals surface area contributed by atoms with Crippen LogP contribution in [0.1, 0.15) is 37.3 Å². The monoisotopic (exact) mass is 281 g/mol. The Morgan fingerprint density at radius 3 is 2.55 bits per heavy atom. The maximum Gasteiger partial charge on any atom is 0.282 e. The Morgan fingerprint density at radius 1 is 1.35 bits per heavy atom. The molecule has 4 heteroatoms. The second-order valence-electron chi connectivity index (χ2n) is 5.63. The molecule has 0 aliphatic rings. The topological polar surface area (TPSA) is 33.5 Å². The molecule has 1 amide bonds. The van der Waals surface area contributed by atoms with Crippen molar-refractivity contribution in [3.8, 4) is 0 Å². The maximum absolute atomic E-state index is 13.6. The van der Waals surface area contributed by atoms with E-state index in [0.717, 1.165) is 29.7 Å². The largest absolute Gasteiger partial charge is 0.330 e. The van der Waals surface area contributed by atoms with Crippen LogP contribution < -0.4 is 10.2 Å². The Morgan fingerprint density at radius 2 is 2.00 bits per heavy atom. The summed E-state index contributed by atoms with van der Waals surface area (Å²) in [5, 5.41) is 2.91. The number of anilines is 1. The highest BCUT2D eigenvalue weighted by molar-refractivity contribution is 5.95. The van der Waals surface area contributed by atoms with E-state index >= 15 is 0 Å². The number of rotatable bonds is 6. The van der Waals surface area contributed by atoms with Crippen LogP contribution in [0.3, 0.4) is 0 Å². The molecule has 1 atom stereocenters. The predicted molar refractivity (Wildman–Crippen MR) is 80.6 cm³/mol. The van der Waals surface area contributed by atoms with Crippen molar-refractivity contribution in [2.75, 3.05) is 19.4 Å². The minimum Gasteiger partial charge on any atom is -0.330 e. The number of likely N-dealkylation sites (N-methyl/N-ethyl adjacent to an activating group) is 1. The van der Waals surface area contributed by atoms with Gasteiger partial charge in [-0.3, -0.25) is 4.79 Å². The maximum atomic E-state index is 13.6. The van der Waals surface area contributed by atoms with E-state index in [-0.39, 0.29) is 17.8 Å². The van der Waals surface area contributed by atoms with Gasteiger partial charge in [-0.05, 0) is 31.9 Å². The number of carbonyl (C=O) groups excluding carboxylic acids is 1. The molecular formula is C16H26FN2O+. The number of halogens is 1. The highest BCUT2D eigenvalue weighted by atomic mass is 19.1. The zero-order valence-corrected chi connectivity index (χ0v) is 13.1. The molecular weight excluding hydrogens is 255 g/mol. The molecule has 0 radical (unpaired) electrons. The summed E-state index contributed by atoms with van der Waals surface area (Å²) in [5.74, 6) is -0.316. The third kappa shape index (κ3) is 4.04. The van der Waals surface area contributed by atoms with Gasteiger partial charge >= 0.3 is 0 Å². The van der Waals surface area contributed by atoms with Crippen LogP contribution in [0.5, 0.6) is 0 Å². The molecule has 0 bridgehead atoms. The Kier molecular flexibility index (Phi) is 6.14. The van der Waals surface area contributed by atoms with Gasteiger partial charge in [-0.15, -0.1) is 0 Å². The Balaban J connectivity index is 2.91. The van der Waals surface area contributed by atoms with E-state index in [9.17, 15) is 9.18 Å². The van der Waals surface area contributed by atoms with Crippen LogP contribution in [0.4, 0.5) is 10.1 Å². The van der Waals surface area contributed by atoms with Gasteiger partial charge < -0.3 is 10.2 Å². The van der Waals surface area contributed by atoms with Crippen molar-refractivity contribution in [1.82, 2.24) is 0 Å². The first-order valence-corrected chi connectivity index (χ1v) is 7.25. The SMILES string of the molecule is CCCCC(C(=O)Nc1c(C)ccc(F)c1C)[NH+](C)C. The summed E-state index contributed by atoms with van der Waals surface area (Å²) >= 11 is 0. The van der Waals surface area contributed by atoms with Crippen molar-refractivity contribution in [1.29, 1.82) is 0 Å². The molecule has 20 heavy (non-hydrogen) atoms. The second-order valence-corrected chi connectivity index (χ2v) is 5.63. The van der Waals surface area contributed by atoms with E-state index in [0.29, 0.717) is 11.3 Å². The van der Waals surface area contributed by atoms with Gasteiger partial charge in [0.1, 0.15) is 5.82 Å². The Hall–Kier alpha value is -1.42. The normalized spacial score (nSPS) is 12.6. The lowest BCUT2D eigenvalue weighted by molar-refractivity contribution is -0.875. The van der Waals surface area contributed by atoms with Crippen molar-refractivity contribution in [2.45, 2.75) is 46.1 Å². The van der Waals surface area contributed by atoms with Crippen molar-refractivity contribution in [3.05, 3.63) is 29.1 Å². The fourth-order valence-electron chi connectivity index (χ4n) is 2.31. The summed E-state index contributed by atoms with van der Waals surface area (Å²) in [5.41, 5.74) is 2.00. The van der Waals surface area contributed by atoms with Crippen LogP contribution in [0.25, 0.3) is 0 Å². The number of benzene rings is 1. The Bertz CT molecular complexity index is 472. The van der Waals surface area contributed by atoms with Crippen molar-refractivity contribution in [3.63, 3.8) is 0 Å². The van der Waals surface area contributed by atoms with Crippen LogP contribution in [0.2, 0.25) is 0 Å². The first-order valence-electron chi connectivity index (χ1n) is 7.25. The minimum absolute atomic E-state index is 0.0322. The molecule has 0 heterocycles. The summed E-state index contributed by atoms with van der Waals surface area (Å²) in [6, 6.07) is 3.03. The quantitative estimate of drug-likeness (QED) is 0.822. The summed E-state index contributed by atoms with van der Waals surface area (Å²) < 4.78 is 13.6. The molecule has 0 spiro atoms. The van der Waals surface area contributed by atoms with Crippen molar-refractivity contribution >= 4 is 11.6 Å². The van der Waals surface area contributed by atoms with Gasteiger partial charge in [-0.1, -0.05) is 19.4 Å². The van der Waals surface area contributed by atoms with E-state index in [4.69, 9.17) is 0 Å². The summed E-state index contributed by atoms with van der Waals surface area (Å²) in [4.78, 5) is 13.5. The lowest BCUT2D eigenvalue weighted by Crippen LogP contribution is -3.11. The van der Waals surface area contributed by atoms with Gasteiger partial charge in [-0.2, -0.15) is 0 Å². The molecule has 0 aliphatic heterocycles. The third-order valence-corrected chi connectivity index (χ3v) is 3.72. The van der Waals surface area contributed by atoms with Gasteiger partial charge in [-0.25, -0.2) is 4.39 Å².